The summed E-state index contributed by atoms with van der Waals surface area (Å²) in [5.41, 5.74) is 0.714. The zero-order chi connectivity index (χ0) is 35.2. The number of alkyl halides is 3. The summed E-state index contributed by atoms with van der Waals surface area (Å²) >= 11 is 0. The summed E-state index contributed by atoms with van der Waals surface area (Å²) in [4.78, 5) is 29.4. The number of hydrogen-bond donors (Lipinski definition) is 1. The Morgan fingerprint density at radius 1 is 1.04 bits per heavy atom. The van der Waals surface area contributed by atoms with E-state index in [2.05, 4.69) is 10.4 Å². The molecule has 0 unspecified atom stereocenters. The summed E-state index contributed by atoms with van der Waals surface area (Å²) in [5, 5.41) is 20.3. The predicted molar refractivity (Wildman–Crippen MR) is 164 cm³/mol. The first-order valence-corrected chi connectivity index (χ1v) is 15.7. The fraction of sp³-hybridized carbons (Fsp3) is 0.258. The summed E-state index contributed by atoms with van der Waals surface area (Å²) in [6, 6.07) is 19.0. The molecular weight excluding hydrogens is 657 g/mol. The van der Waals surface area contributed by atoms with E-state index in [1.165, 1.54) is 31.3 Å². The van der Waals surface area contributed by atoms with E-state index in [9.17, 15) is 36.4 Å². The topological polar surface area (TPSA) is 158 Å². The van der Waals surface area contributed by atoms with Gasteiger partial charge in [-0.2, -0.15) is 18.3 Å². The number of amides is 1. The molecule has 0 spiro atoms. The van der Waals surface area contributed by atoms with Crippen LogP contribution in [0.25, 0.3) is 16.9 Å². The molecule has 1 amide bonds. The van der Waals surface area contributed by atoms with Crippen molar-refractivity contribution in [3.63, 3.8) is 0 Å². The molecule has 0 aliphatic carbocycles. The Labute approximate surface area is 273 Å². The van der Waals surface area contributed by atoms with Gasteiger partial charge in [0.15, 0.2) is 11.7 Å². The fourth-order valence-corrected chi connectivity index (χ4v) is 5.54. The van der Waals surface area contributed by atoms with E-state index in [4.69, 9.17) is 9.57 Å². The molecule has 1 heterocycles. The first-order chi connectivity index (χ1) is 22.6. The number of rotatable bonds is 12. The number of nitrogens with zero attached hydrogens (tertiary/aromatic N) is 5. The molecule has 4 aromatic rings. The first kappa shape index (κ1) is 35.4. The summed E-state index contributed by atoms with van der Waals surface area (Å²) in [5.74, 6) is -2.42. The maximum absolute atomic E-state index is 13.6. The Bertz CT molecular complexity index is 1880. The van der Waals surface area contributed by atoms with E-state index in [1.807, 2.05) is 11.6 Å². The van der Waals surface area contributed by atoms with Crippen LogP contribution in [-0.4, -0.2) is 59.9 Å². The van der Waals surface area contributed by atoms with Crippen LogP contribution in [0.1, 0.15) is 35.5 Å². The van der Waals surface area contributed by atoms with Gasteiger partial charge in [-0.1, -0.05) is 61.9 Å². The normalized spacial score (nSPS) is 12.8. The molecule has 0 aliphatic heterocycles. The third kappa shape index (κ3) is 8.47. The highest BCUT2D eigenvalue weighted by molar-refractivity contribution is 7.90. The van der Waals surface area contributed by atoms with Gasteiger partial charge in [-0.3, -0.25) is 4.79 Å². The number of halogens is 3. The second-order valence-electron chi connectivity index (χ2n) is 10.8. The van der Waals surface area contributed by atoms with Crippen molar-refractivity contribution >= 4 is 21.9 Å². The zero-order valence-electron chi connectivity index (χ0n) is 26.1. The summed E-state index contributed by atoms with van der Waals surface area (Å²) in [7, 11) is -3.34. The molecule has 48 heavy (non-hydrogen) atoms. The summed E-state index contributed by atoms with van der Waals surface area (Å²) in [6.07, 6.45) is -4.73. The lowest BCUT2D eigenvalue weighted by Crippen LogP contribution is -2.51. The van der Waals surface area contributed by atoms with E-state index < -0.39 is 52.5 Å². The second-order valence-corrected chi connectivity index (χ2v) is 12.5. The van der Waals surface area contributed by atoms with Crippen molar-refractivity contribution in [2.24, 2.45) is 11.2 Å². The van der Waals surface area contributed by atoms with Crippen molar-refractivity contribution in [2.45, 2.75) is 37.9 Å². The molecule has 1 N–H and O–H groups in total. The number of hydrazine groups is 1. The predicted octanol–water partition coefficient (Wildman–Crippen LogP) is 5.25. The van der Waals surface area contributed by atoms with Gasteiger partial charge in [0.05, 0.1) is 33.9 Å². The molecule has 0 radical (unpaired) electrons. The number of aromatic nitrogens is 2. The minimum atomic E-state index is -4.73. The Morgan fingerprint density at radius 2 is 1.67 bits per heavy atom. The number of carbonyl (C=O) groups excluding carboxylic acids is 2. The van der Waals surface area contributed by atoms with Crippen molar-refractivity contribution in [1.29, 1.82) is 0 Å². The molecular formula is C31H31F3N6O7S. The Balaban J connectivity index is 1.47. The Kier molecular flexibility index (Phi) is 10.7. The van der Waals surface area contributed by atoms with Crippen molar-refractivity contribution in [3.05, 3.63) is 107 Å². The number of nitrogens with one attached hydrogen (secondary N) is 1. The number of ether oxygens (including phenoxy) is 1. The highest BCUT2D eigenvalue weighted by Gasteiger charge is 2.36. The standard InChI is InChI=1S/C31H31F3N6O7S/c1-20(2)28(38(4)40(43)37-47-19-46-30(42)23-8-6-5-7-9-23)29(41)36-48(44,45)25-16-14-24(15-17-25)39-26(18-27(35-39)31(32,33)34)22-12-10-21(3)11-13-22/h5-18,20,28H,19H2,1-4H3,(H,36,41)/t28-/m0/s1. The van der Waals surface area contributed by atoms with Crippen LogP contribution in [0.3, 0.4) is 0 Å². The molecule has 4 rings (SSSR count). The van der Waals surface area contributed by atoms with Gasteiger partial charge in [-0.05, 0) is 55.3 Å². The van der Waals surface area contributed by atoms with Crippen LogP contribution in [0, 0.1) is 18.0 Å². The van der Waals surface area contributed by atoms with Gasteiger partial charge in [0.1, 0.15) is 0 Å². The number of esters is 1. The minimum Gasteiger partial charge on any atom is -0.569 e. The molecule has 0 bridgehead atoms. The monoisotopic (exact) mass is 688 g/mol. The quantitative estimate of drug-likeness (QED) is 0.0524. The van der Waals surface area contributed by atoms with Gasteiger partial charge in [-0.15, -0.1) is 5.01 Å². The molecule has 0 fully saturated rings. The van der Waals surface area contributed by atoms with Crippen molar-refractivity contribution in [1.82, 2.24) is 19.5 Å². The lowest BCUT2D eigenvalue weighted by Gasteiger charge is -2.25. The molecule has 3 aromatic carbocycles. The van der Waals surface area contributed by atoms with Gasteiger partial charge in [0.2, 0.25) is 5.28 Å². The minimum absolute atomic E-state index is 0.104. The highest BCUT2D eigenvalue weighted by atomic mass is 32.2. The molecule has 254 valence electrons. The number of aryl methyl sites for hydroxylation is 1. The molecule has 0 aliphatic rings. The van der Waals surface area contributed by atoms with Crippen LogP contribution in [-0.2, 0) is 30.6 Å². The van der Waals surface area contributed by atoms with Crippen LogP contribution in [0.15, 0.2) is 95.1 Å². The Morgan fingerprint density at radius 3 is 2.25 bits per heavy atom. The number of benzene rings is 3. The molecule has 1 atom stereocenters. The Hall–Kier alpha value is -5.45. The van der Waals surface area contributed by atoms with Crippen LogP contribution in [0.4, 0.5) is 13.2 Å². The summed E-state index contributed by atoms with van der Waals surface area (Å²) in [6.45, 7) is 4.23. The van der Waals surface area contributed by atoms with Crippen molar-refractivity contribution in [2.75, 3.05) is 13.8 Å². The SMILES string of the molecule is Cc1ccc(-c2cc(C(F)(F)F)nn2-c2ccc(S(=O)(=O)NC(=O)[C@H](C(C)C)N(C)[N+]([O-])=NOCOC(=O)c3ccccc3)cc2)cc1. The smallest absolute Gasteiger partial charge is 0.435 e. The second kappa shape index (κ2) is 14.5. The van der Waals surface area contributed by atoms with E-state index in [-0.39, 0.29) is 26.8 Å². The van der Waals surface area contributed by atoms with Crippen molar-refractivity contribution < 1.29 is 45.7 Å². The largest absolute Gasteiger partial charge is 0.569 e. The van der Waals surface area contributed by atoms with Gasteiger partial charge >= 0.3 is 12.1 Å². The van der Waals surface area contributed by atoms with Gasteiger partial charge in [0, 0.05) is 5.56 Å². The van der Waals surface area contributed by atoms with E-state index in [1.54, 1.807) is 56.3 Å². The lowest BCUT2D eigenvalue weighted by molar-refractivity contribution is -0.712. The maximum Gasteiger partial charge on any atom is 0.435 e. The van der Waals surface area contributed by atoms with E-state index >= 15 is 0 Å². The van der Waals surface area contributed by atoms with Gasteiger partial charge in [0.25, 0.3) is 22.7 Å². The maximum atomic E-state index is 13.6. The number of carbonyl (C=O) groups is 2. The highest BCUT2D eigenvalue weighted by Crippen LogP contribution is 2.33. The average Bonchev–Trinajstić information content (AvgIpc) is 3.50. The summed E-state index contributed by atoms with van der Waals surface area (Å²) < 4.78 is 74.8. The van der Waals surface area contributed by atoms with E-state index in [0.717, 1.165) is 33.5 Å². The molecule has 1 aromatic heterocycles. The molecule has 0 saturated heterocycles. The molecule has 0 saturated carbocycles. The first-order valence-electron chi connectivity index (χ1n) is 14.2. The lowest BCUT2D eigenvalue weighted by atomic mass is 10.0. The van der Waals surface area contributed by atoms with Gasteiger partial charge in [-0.25, -0.2) is 22.6 Å². The average molecular weight is 689 g/mol. The zero-order valence-corrected chi connectivity index (χ0v) is 26.9. The van der Waals surface area contributed by atoms with Crippen LogP contribution in [0.2, 0.25) is 0 Å². The number of sulfonamides is 1. The van der Waals surface area contributed by atoms with Gasteiger partial charge < -0.3 is 14.8 Å². The van der Waals surface area contributed by atoms with Crippen molar-refractivity contribution in [3.8, 4) is 16.9 Å². The van der Waals surface area contributed by atoms with Crippen LogP contribution >= 0.6 is 0 Å². The third-order valence-corrected chi connectivity index (χ3v) is 8.29. The number of hydrogen-bond acceptors (Lipinski definition) is 9. The molecule has 17 heteroatoms. The van der Waals surface area contributed by atoms with Crippen LogP contribution < -0.4 is 4.72 Å². The fourth-order valence-electron chi connectivity index (χ4n) is 4.54. The number of likely N-dealkylation sites (N-methyl/N-ethyl adjacent to an activating group) is 1. The third-order valence-electron chi connectivity index (χ3n) is 6.93. The van der Waals surface area contributed by atoms with Crippen LogP contribution in [0.5, 0.6) is 0 Å². The molecule has 13 nitrogen and oxygen atoms in total. The van der Waals surface area contributed by atoms with E-state index in [0.29, 0.717) is 5.56 Å².